The Bertz CT molecular complexity index is 300. The Hall–Kier alpha value is -1.32. The van der Waals surface area contributed by atoms with Crippen LogP contribution in [0, 0.1) is 5.41 Å². The largest absolute Gasteiger partial charge is 0.480 e. The van der Waals surface area contributed by atoms with Gasteiger partial charge in [-0.1, -0.05) is 11.1 Å². The second kappa shape index (κ2) is 3.44. The van der Waals surface area contributed by atoms with Gasteiger partial charge in [0.15, 0.2) is 5.41 Å². The van der Waals surface area contributed by atoms with Gasteiger partial charge < -0.3 is 10.2 Å². The van der Waals surface area contributed by atoms with E-state index in [1.807, 2.05) is 6.92 Å². The number of allylic oxidation sites excluding steroid dienone is 2. The molecule has 1 aliphatic carbocycles. The fourth-order valence-electron chi connectivity index (χ4n) is 1.76. The molecule has 0 radical (unpaired) electrons. The average Bonchev–Trinajstić information content (AvgIpc) is 2.09. The van der Waals surface area contributed by atoms with Crippen molar-refractivity contribution in [3.05, 3.63) is 11.1 Å². The van der Waals surface area contributed by atoms with Crippen LogP contribution in [0.4, 0.5) is 0 Å². The lowest BCUT2D eigenvalue weighted by Crippen LogP contribution is -2.41. The van der Waals surface area contributed by atoms with Crippen LogP contribution in [0.1, 0.15) is 33.1 Å². The monoisotopic (exact) mass is 198 g/mol. The van der Waals surface area contributed by atoms with Crippen molar-refractivity contribution in [2.75, 3.05) is 0 Å². The smallest absolute Gasteiger partial charge is 0.321 e. The fraction of sp³-hybridized carbons (Fsp3) is 0.600. The average molecular weight is 198 g/mol. The minimum absolute atomic E-state index is 0.128. The van der Waals surface area contributed by atoms with Crippen molar-refractivity contribution in [1.29, 1.82) is 0 Å². The Morgan fingerprint density at radius 2 is 1.64 bits per heavy atom. The van der Waals surface area contributed by atoms with E-state index in [0.29, 0.717) is 6.42 Å². The van der Waals surface area contributed by atoms with Gasteiger partial charge in [0.2, 0.25) is 0 Å². The number of carbonyl (C=O) groups is 2. The zero-order valence-electron chi connectivity index (χ0n) is 8.33. The van der Waals surface area contributed by atoms with E-state index in [-0.39, 0.29) is 12.8 Å². The summed E-state index contributed by atoms with van der Waals surface area (Å²) in [5.74, 6) is -2.45. The summed E-state index contributed by atoms with van der Waals surface area (Å²) in [7, 11) is 0. The second-order valence-corrected chi connectivity index (χ2v) is 3.93. The molecule has 0 aromatic rings. The van der Waals surface area contributed by atoms with E-state index in [1.165, 1.54) is 0 Å². The molecule has 0 spiro atoms. The van der Waals surface area contributed by atoms with Crippen LogP contribution in [0.3, 0.4) is 0 Å². The lowest BCUT2D eigenvalue weighted by molar-refractivity contribution is -0.165. The fourth-order valence-corrected chi connectivity index (χ4v) is 1.76. The van der Waals surface area contributed by atoms with Crippen LogP contribution in [0.2, 0.25) is 0 Å². The highest BCUT2D eigenvalue weighted by atomic mass is 16.4. The van der Waals surface area contributed by atoms with E-state index < -0.39 is 17.4 Å². The number of hydrogen-bond acceptors (Lipinski definition) is 2. The molecule has 0 unspecified atom stereocenters. The van der Waals surface area contributed by atoms with Crippen molar-refractivity contribution in [3.8, 4) is 0 Å². The molecule has 78 valence electrons. The standard InChI is InChI=1S/C10H14O4/c1-6-3-4-10(8(11)12,9(13)14)5-7(6)2/h3-5H2,1-2H3,(H,11,12)(H,13,14). The van der Waals surface area contributed by atoms with Crippen LogP contribution in [-0.4, -0.2) is 22.2 Å². The minimum Gasteiger partial charge on any atom is -0.480 e. The third kappa shape index (κ3) is 1.52. The Labute approximate surface area is 82.2 Å². The first kappa shape index (κ1) is 10.8. The molecule has 0 aliphatic heterocycles. The molecule has 0 aromatic heterocycles. The topological polar surface area (TPSA) is 74.6 Å². The Morgan fingerprint density at radius 1 is 1.14 bits per heavy atom. The molecule has 4 heteroatoms. The predicted molar refractivity (Wildman–Crippen MR) is 49.9 cm³/mol. The number of hydrogen-bond donors (Lipinski definition) is 2. The van der Waals surface area contributed by atoms with Gasteiger partial charge in [-0.25, -0.2) is 0 Å². The molecule has 0 fully saturated rings. The Morgan fingerprint density at radius 3 is 2.00 bits per heavy atom. The van der Waals surface area contributed by atoms with Gasteiger partial charge in [-0.2, -0.15) is 0 Å². The van der Waals surface area contributed by atoms with Crippen molar-refractivity contribution in [2.24, 2.45) is 5.41 Å². The highest BCUT2D eigenvalue weighted by Crippen LogP contribution is 2.39. The maximum atomic E-state index is 11.0. The minimum atomic E-state index is -1.59. The highest BCUT2D eigenvalue weighted by molar-refractivity contribution is 5.98. The third-order valence-electron chi connectivity index (χ3n) is 3.04. The van der Waals surface area contributed by atoms with Crippen molar-refractivity contribution in [3.63, 3.8) is 0 Å². The molecule has 0 amide bonds. The molecule has 0 bridgehead atoms. The lowest BCUT2D eigenvalue weighted by atomic mass is 9.72. The molecular formula is C10H14O4. The molecule has 0 aromatic carbocycles. The summed E-state index contributed by atoms with van der Waals surface area (Å²) in [4.78, 5) is 21.9. The maximum absolute atomic E-state index is 11.0. The number of carboxylic acids is 2. The van der Waals surface area contributed by atoms with Gasteiger partial charge in [0.25, 0.3) is 0 Å². The third-order valence-corrected chi connectivity index (χ3v) is 3.04. The summed E-state index contributed by atoms with van der Waals surface area (Å²) in [5.41, 5.74) is 0.410. The van der Waals surface area contributed by atoms with Crippen molar-refractivity contribution >= 4 is 11.9 Å². The summed E-state index contributed by atoms with van der Waals surface area (Å²) >= 11 is 0. The quantitative estimate of drug-likeness (QED) is 0.522. The molecule has 14 heavy (non-hydrogen) atoms. The van der Waals surface area contributed by atoms with E-state index in [0.717, 1.165) is 11.1 Å². The van der Waals surface area contributed by atoms with E-state index in [1.54, 1.807) is 6.92 Å². The molecular weight excluding hydrogens is 184 g/mol. The zero-order valence-corrected chi connectivity index (χ0v) is 8.33. The Kier molecular flexibility index (Phi) is 2.64. The van der Waals surface area contributed by atoms with Gasteiger partial charge in [-0.3, -0.25) is 9.59 Å². The van der Waals surface area contributed by atoms with Crippen molar-refractivity contribution in [1.82, 2.24) is 0 Å². The van der Waals surface area contributed by atoms with Crippen molar-refractivity contribution in [2.45, 2.75) is 33.1 Å². The first-order valence-electron chi connectivity index (χ1n) is 4.52. The molecule has 1 rings (SSSR count). The highest BCUT2D eigenvalue weighted by Gasteiger charge is 2.47. The van der Waals surface area contributed by atoms with Gasteiger partial charge in [0.1, 0.15) is 0 Å². The van der Waals surface area contributed by atoms with Crippen LogP contribution in [0.25, 0.3) is 0 Å². The number of carboxylic acid groups (broad SMARTS) is 2. The van der Waals surface area contributed by atoms with Gasteiger partial charge in [0, 0.05) is 0 Å². The molecule has 0 saturated carbocycles. The van der Waals surface area contributed by atoms with Crippen LogP contribution in [0.5, 0.6) is 0 Å². The van der Waals surface area contributed by atoms with E-state index in [4.69, 9.17) is 10.2 Å². The summed E-state index contributed by atoms with van der Waals surface area (Å²) in [6, 6.07) is 0. The van der Waals surface area contributed by atoms with Crippen LogP contribution in [0.15, 0.2) is 11.1 Å². The zero-order chi connectivity index (χ0) is 10.9. The van der Waals surface area contributed by atoms with Gasteiger partial charge in [-0.15, -0.1) is 0 Å². The van der Waals surface area contributed by atoms with E-state index >= 15 is 0 Å². The first-order chi connectivity index (χ1) is 6.40. The van der Waals surface area contributed by atoms with Crippen LogP contribution >= 0.6 is 0 Å². The lowest BCUT2D eigenvalue weighted by Gasteiger charge is -2.30. The summed E-state index contributed by atoms with van der Waals surface area (Å²) < 4.78 is 0. The molecule has 2 N–H and O–H groups in total. The summed E-state index contributed by atoms with van der Waals surface area (Å²) in [6.07, 6.45) is 0.884. The van der Waals surface area contributed by atoms with Crippen LogP contribution in [-0.2, 0) is 9.59 Å². The van der Waals surface area contributed by atoms with Crippen molar-refractivity contribution < 1.29 is 19.8 Å². The second-order valence-electron chi connectivity index (χ2n) is 3.93. The van der Waals surface area contributed by atoms with E-state index in [2.05, 4.69) is 0 Å². The molecule has 4 nitrogen and oxygen atoms in total. The first-order valence-corrected chi connectivity index (χ1v) is 4.52. The van der Waals surface area contributed by atoms with Crippen LogP contribution < -0.4 is 0 Å². The molecule has 0 heterocycles. The summed E-state index contributed by atoms with van der Waals surface area (Å²) in [6.45, 7) is 3.72. The summed E-state index contributed by atoms with van der Waals surface area (Å²) in [5, 5.41) is 17.9. The SMILES string of the molecule is CC1=C(C)CC(C(=O)O)(C(=O)O)CC1. The maximum Gasteiger partial charge on any atom is 0.321 e. The molecule has 0 saturated heterocycles. The Balaban J connectivity index is 3.07. The van der Waals surface area contributed by atoms with E-state index in [9.17, 15) is 9.59 Å². The predicted octanol–water partition coefficient (Wildman–Crippen LogP) is 1.66. The molecule has 1 aliphatic rings. The number of aliphatic carboxylic acids is 2. The van der Waals surface area contributed by atoms with Gasteiger partial charge >= 0.3 is 11.9 Å². The van der Waals surface area contributed by atoms with Gasteiger partial charge in [-0.05, 0) is 33.1 Å². The van der Waals surface area contributed by atoms with Gasteiger partial charge in [0.05, 0.1) is 0 Å². The number of rotatable bonds is 2. The normalized spacial score (nSPS) is 20.7. The molecule has 0 atom stereocenters.